The lowest BCUT2D eigenvalue weighted by Gasteiger charge is -2.10. The number of aromatic nitrogens is 3. The summed E-state index contributed by atoms with van der Waals surface area (Å²) in [5.74, 6) is 1.30. The van der Waals surface area contributed by atoms with Gasteiger partial charge in [0, 0.05) is 10.7 Å². The van der Waals surface area contributed by atoms with E-state index in [1.807, 2.05) is 60.0 Å². The highest BCUT2D eigenvalue weighted by atomic mass is 35.5. The van der Waals surface area contributed by atoms with Crippen molar-refractivity contribution >= 4 is 35.0 Å². The van der Waals surface area contributed by atoms with Crippen molar-refractivity contribution in [1.29, 1.82) is 0 Å². The van der Waals surface area contributed by atoms with Gasteiger partial charge in [0.05, 0.1) is 18.6 Å². The Morgan fingerprint density at radius 1 is 1.13 bits per heavy atom. The molecule has 6 nitrogen and oxygen atoms in total. The Morgan fingerprint density at radius 2 is 1.97 bits per heavy atom. The second kappa shape index (κ2) is 9.19. The number of rotatable bonds is 7. The van der Waals surface area contributed by atoms with Crippen molar-refractivity contribution in [2.24, 2.45) is 0 Å². The first-order chi connectivity index (χ1) is 14.6. The van der Waals surface area contributed by atoms with Gasteiger partial charge in [0.25, 0.3) is 0 Å². The third kappa shape index (κ3) is 4.75. The molecule has 4 aromatic rings. The summed E-state index contributed by atoms with van der Waals surface area (Å²) in [7, 11) is 0. The van der Waals surface area contributed by atoms with Gasteiger partial charge in [-0.2, -0.15) is 0 Å². The van der Waals surface area contributed by atoms with Crippen LogP contribution in [0.3, 0.4) is 0 Å². The van der Waals surface area contributed by atoms with E-state index in [9.17, 15) is 4.79 Å². The SMILES string of the molecule is Cc1ccc(Cl)cc1NC(=O)CSc1nnc(-c2ccco2)n1Cc1ccccc1. The summed E-state index contributed by atoms with van der Waals surface area (Å²) in [6.45, 7) is 2.49. The van der Waals surface area contributed by atoms with E-state index in [4.69, 9.17) is 16.0 Å². The standard InChI is InChI=1S/C22H19ClN4O2S/c1-15-9-10-17(23)12-18(15)24-20(28)14-30-22-26-25-21(19-8-5-11-29-19)27(22)13-16-6-3-2-4-7-16/h2-12H,13-14H2,1H3,(H,24,28). The highest BCUT2D eigenvalue weighted by Crippen LogP contribution is 2.26. The van der Waals surface area contributed by atoms with Crippen molar-refractivity contribution in [1.82, 2.24) is 14.8 Å². The smallest absolute Gasteiger partial charge is 0.234 e. The number of hydrogen-bond donors (Lipinski definition) is 1. The molecule has 1 N–H and O–H groups in total. The van der Waals surface area contributed by atoms with Crippen LogP contribution in [0.1, 0.15) is 11.1 Å². The molecule has 0 aliphatic rings. The van der Waals surface area contributed by atoms with E-state index < -0.39 is 0 Å². The zero-order chi connectivity index (χ0) is 20.9. The number of aryl methyl sites for hydroxylation is 1. The molecule has 0 radical (unpaired) electrons. The van der Waals surface area contributed by atoms with E-state index >= 15 is 0 Å². The van der Waals surface area contributed by atoms with Gasteiger partial charge in [0.2, 0.25) is 11.7 Å². The first-order valence-corrected chi connectivity index (χ1v) is 10.7. The predicted octanol–water partition coefficient (Wildman–Crippen LogP) is 5.28. The molecule has 0 bridgehead atoms. The van der Waals surface area contributed by atoms with Gasteiger partial charge < -0.3 is 9.73 Å². The van der Waals surface area contributed by atoms with Gasteiger partial charge in [0.15, 0.2) is 10.9 Å². The molecule has 0 aliphatic heterocycles. The number of hydrogen-bond acceptors (Lipinski definition) is 5. The molecule has 0 aliphatic carbocycles. The first kappa shape index (κ1) is 20.3. The van der Waals surface area contributed by atoms with Crippen LogP contribution in [0.2, 0.25) is 5.02 Å². The zero-order valence-electron chi connectivity index (χ0n) is 16.2. The number of nitrogens with one attached hydrogen (secondary N) is 1. The van der Waals surface area contributed by atoms with Crippen molar-refractivity contribution in [3.63, 3.8) is 0 Å². The average molecular weight is 439 g/mol. The predicted molar refractivity (Wildman–Crippen MR) is 119 cm³/mol. The maximum atomic E-state index is 12.5. The van der Waals surface area contributed by atoms with Crippen LogP contribution < -0.4 is 5.32 Å². The average Bonchev–Trinajstić information content (AvgIpc) is 3.40. The van der Waals surface area contributed by atoms with Gasteiger partial charge in [-0.15, -0.1) is 10.2 Å². The lowest BCUT2D eigenvalue weighted by atomic mass is 10.2. The second-order valence-electron chi connectivity index (χ2n) is 6.65. The maximum Gasteiger partial charge on any atom is 0.234 e. The summed E-state index contributed by atoms with van der Waals surface area (Å²) >= 11 is 7.36. The Bertz CT molecular complexity index is 1140. The number of thioether (sulfide) groups is 1. The van der Waals surface area contributed by atoms with Crippen molar-refractivity contribution in [2.75, 3.05) is 11.1 Å². The van der Waals surface area contributed by atoms with E-state index in [0.717, 1.165) is 11.1 Å². The van der Waals surface area contributed by atoms with E-state index in [-0.39, 0.29) is 11.7 Å². The summed E-state index contributed by atoms with van der Waals surface area (Å²) in [6, 6.07) is 19.1. The Labute approximate surface area is 183 Å². The number of halogens is 1. The minimum Gasteiger partial charge on any atom is -0.461 e. The normalized spacial score (nSPS) is 10.9. The highest BCUT2D eigenvalue weighted by molar-refractivity contribution is 7.99. The molecule has 8 heteroatoms. The molecule has 2 aromatic heterocycles. The minimum absolute atomic E-state index is 0.140. The summed E-state index contributed by atoms with van der Waals surface area (Å²) < 4.78 is 7.47. The van der Waals surface area contributed by atoms with Gasteiger partial charge >= 0.3 is 0 Å². The molecule has 4 rings (SSSR count). The van der Waals surface area contributed by atoms with Crippen LogP contribution in [-0.4, -0.2) is 26.4 Å². The Kier molecular flexibility index (Phi) is 6.21. The van der Waals surface area contributed by atoms with E-state index in [0.29, 0.717) is 34.0 Å². The fourth-order valence-electron chi connectivity index (χ4n) is 2.94. The molecule has 0 spiro atoms. The largest absolute Gasteiger partial charge is 0.461 e. The maximum absolute atomic E-state index is 12.5. The number of carbonyl (C=O) groups is 1. The van der Waals surface area contributed by atoms with Crippen LogP contribution in [0.15, 0.2) is 76.5 Å². The number of amides is 1. The van der Waals surface area contributed by atoms with Crippen LogP contribution in [0.4, 0.5) is 5.69 Å². The Hall–Kier alpha value is -3.03. The lowest BCUT2D eigenvalue weighted by Crippen LogP contribution is -2.15. The lowest BCUT2D eigenvalue weighted by molar-refractivity contribution is -0.113. The molecular weight excluding hydrogens is 420 g/mol. The monoisotopic (exact) mass is 438 g/mol. The summed E-state index contributed by atoms with van der Waals surface area (Å²) in [5.41, 5.74) is 2.76. The molecule has 0 atom stereocenters. The van der Waals surface area contributed by atoms with Crippen molar-refractivity contribution < 1.29 is 9.21 Å². The van der Waals surface area contributed by atoms with E-state index in [2.05, 4.69) is 15.5 Å². The summed E-state index contributed by atoms with van der Waals surface area (Å²) in [5, 5.41) is 12.7. The number of benzene rings is 2. The third-order valence-corrected chi connectivity index (χ3v) is 5.65. The molecule has 0 saturated carbocycles. The minimum atomic E-state index is -0.140. The van der Waals surface area contributed by atoms with E-state index in [1.54, 1.807) is 18.4 Å². The fourth-order valence-corrected chi connectivity index (χ4v) is 3.85. The molecule has 152 valence electrons. The van der Waals surface area contributed by atoms with Gasteiger partial charge in [-0.1, -0.05) is 59.8 Å². The Balaban J connectivity index is 1.52. The zero-order valence-corrected chi connectivity index (χ0v) is 17.8. The van der Waals surface area contributed by atoms with Crippen LogP contribution in [0.25, 0.3) is 11.6 Å². The molecule has 2 aromatic carbocycles. The van der Waals surface area contributed by atoms with Crippen molar-refractivity contribution in [3.05, 3.63) is 83.1 Å². The topological polar surface area (TPSA) is 73.0 Å². The van der Waals surface area contributed by atoms with Crippen molar-refractivity contribution in [3.8, 4) is 11.6 Å². The van der Waals surface area contributed by atoms with Crippen LogP contribution >= 0.6 is 23.4 Å². The molecule has 30 heavy (non-hydrogen) atoms. The van der Waals surface area contributed by atoms with E-state index in [1.165, 1.54) is 11.8 Å². The quantitative estimate of drug-likeness (QED) is 0.397. The summed E-state index contributed by atoms with van der Waals surface area (Å²) in [4.78, 5) is 12.5. The van der Waals surface area contributed by atoms with Crippen LogP contribution in [0.5, 0.6) is 0 Å². The van der Waals surface area contributed by atoms with Crippen LogP contribution in [0, 0.1) is 6.92 Å². The number of nitrogens with zero attached hydrogens (tertiary/aromatic N) is 3. The molecule has 0 unspecified atom stereocenters. The number of carbonyl (C=O) groups excluding carboxylic acids is 1. The molecule has 0 saturated heterocycles. The summed E-state index contributed by atoms with van der Waals surface area (Å²) in [6.07, 6.45) is 1.60. The van der Waals surface area contributed by atoms with Crippen LogP contribution in [-0.2, 0) is 11.3 Å². The van der Waals surface area contributed by atoms with Gasteiger partial charge in [-0.25, -0.2) is 0 Å². The molecule has 2 heterocycles. The number of anilines is 1. The molecule has 0 fully saturated rings. The highest BCUT2D eigenvalue weighted by Gasteiger charge is 2.18. The molecule has 1 amide bonds. The fraction of sp³-hybridized carbons (Fsp3) is 0.136. The number of furan rings is 1. The second-order valence-corrected chi connectivity index (χ2v) is 8.03. The third-order valence-electron chi connectivity index (χ3n) is 4.45. The van der Waals surface area contributed by atoms with Gasteiger partial charge in [-0.05, 0) is 42.3 Å². The first-order valence-electron chi connectivity index (χ1n) is 9.30. The Morgan fingerprint density at radius 3 is 2.73 bits per heavy atom. The molecular formula is C22H19ClN4O2S. The van der Waals surface area contributed by atoms with Gasteiger partial charge in [-0.3, -0.25) is 9.36 Å². The van der Waals surface area contributed by atoms with Crippen molar-refractivity contribution in [2.45, 2.75) is 18.6 Å². The van der Waals surface area contributed by atoms with Gasteiger partial charge in [0.1, 0.15) is 0 Å².